The van der Waals surface area contributed by atoms with Crippen molar-refractivity contribution in [3.8, 4) is 0 Å². The van der Waals surface area contributed by atoms with E-state index in [1.807, 2.05) is 24.5 Å². The molecule has 3 rings (SSSR count). The van der Waals surface area contributed by atoms with Gasteiger partial charge in [-0.2, -0.15) is 0 Å². The van der Waals surface area contributed by atoms with Gasteiger partial charge in [-0.25, -0.2) is 4.98 Å². The molecule has 0 spiro atoms. The van der Waals surface area contributed by atoms with E-state index in [2.05, 4.69) is 33.8 Å². The maximum Gasteiger partial charge on any atom is 0.113 e. The normalized spacial score (nSPS) is 10.9. The van der Waals surface area contributed by atoms with E-state index >= 15 is 0 Å². The maximum absolute atomic E-state index is 6.28. The van der Waals surface area contributed by atoms with Crippen molar-refractivity contribution in [3.05, 3.63) is 87.4 Å². The molecule has 3 nitrogen and oxygen atoms in total. The van der Waals surface area contributed by atoms with Crippen molar-refractivity contribution < 1.29 is 0 Å². The average Bonchev–Trinajstić information content (AvgIpc) is 2.99. The third-order valence-corrected chi connectivity index (χ3v) is 4.65. The zero-order valence-corrected chi connectivity index (χ0v) is 14.1. The zero-order chi connectivity index (χ0) is 16.2. The van der Waals surface area contributed by atoms with Crippen LogP contribution in [0.15, 0.2) is 54.9 Å². The molecule has 0 bridgehead atoms. The number of hydrogen-bond donors (Lipinski definition) is 1. The van der Waals surface area contributed by atoms with Crippen LogP contribution in [0.3, 0.4) is 0 Å². The molecule has 23 heavy (non-hydrogen) atoms. The van der Waals surface area contributed by atoms with Gasteiger partial charge >= 0.3 is 0 Å². The molecule has 0 aliphatic carbocycles. The Morgan fingerprint density at radius 1 is 1.00 bits per heavy atom. The second-order valence-corrected chi connectivity index (χ2v) is 6.17. The molecule has 0 fully saturated rings. The molecule has 0 aliphatic rings. The van der Waals surface area contributed by atoms with Crippen molar-refractivity contribution in [2.24, 2.45) is 5.73 Å². The maximum atomic E-state index is 6.28. The minimum atomic E-state index is 0.559. The lowest BCUT2D eigenvalue weighted by molar-refractivity contribution is 0.740. The van der Waals surface area contributed by atoms with Gasteiger partial charge in [0.05, 0.1) is 10.0 Å². The molecule has 5 heteroatoms. The van der Waals surface area contributed by atoms with Gasteiger partial charge in [0.25, 0.3) is 0 Å². The first-order valence-corrected chi connectivity index (χ1v) is 8.13. The second-order valence-electron chi connectivity index (χ2n) is 5.38. The van der Waals surface area contributed by atoms with Crippen LogP contribution in [0.4, 0.5) is 0 Å². The van der Waals surface area contributed by atoms with E-state index in [4.69, 9.17) is 28.9 Å². The van der Waals surface area contributed by atoms with Gasteiger partial charge in [-0.05, 0) is 22.8 Å². The van der Waals surface area contributed by atoms with E-state index in [-0.39, 0.29) is 0 Å². The molecule has 0 aliphatic heterocycles. The molecule has 0 saturated carbocycles. The lowest BCUT2D eigenvalue weighted by Crippen LogP contribution is -2.06. The first kappa shape index (κ1) is 16.1. The summed E-state index contributed by atoms with van der Waals surface area (Å²) in [5.41, 5.74) is 8.95. The number of benzene rings is 2. The third kappa shape index (κ3) is 3.75. The monoisotopic (exact) mass is 345 g/mol. The van der Waals surface area contributed by atoms with Crippen LogP contribution in [0.2, 0.25) is 10.0 Å². The van der Waals surface area contributed by atoms with E-state index in [9.17, 15) is 0 Å². The SMILES string of the molecule is NCc1ccc(Cn2ccnc2Cc2cccc(Cl)c2Cl)cc1. The molecule has 1 heterocycles. The van der Waals surface area contributed by atoms with Gasteiger partial charge in [-0.1, -0.05) is 59.6 Å². The molecule has 2 N–H and O–H groups in total. The lowest BCUT2D eigenvalue weighted by Gasteiger charge is -2.10. The van der Waals surface area contributed by atoms with Gasteiger partial charge in [-0.15, -0.1) is 0 Å². The van der Waals surface area contributed by atoms with Crippen LogP contribution in [0.1, 0.15) is 22.5 Å². The molecule has 2 aromatic carbocycles. The van der Waals surface area contributed by atoms with Crippen molar-refractivity contribution in [1.29, 1.82) is 0 Å². The molecule has 0 atom stereocenters. The number of aromatic nitrogens is 2. The van der Waals surface area contributed by atoms with Crippen LogP contribution >= 0.6 is 23.2 Å². The van der Waals surface area contributed by atoms with E-state index in [0.717, 1.165) is 23.5 Å². The van der Waals surface area contributed by atoms with Crippen molar-refractivity contribution in [3.63, 3.8) is 0 Å². The Morgan fingerprint density at radius 2 is 1.74 bits per heavy atom. The summed E-state index contributed by atoms with van der Waals surface area (Å²) >= 11 is 12.4. The fourth-order valence-corrected chi connectivity index (χ4v) is 2.87. The largest absolute Gasteiger partial charge is 0.330 e. The summed E-state index contributed by atoms with van der Waals surface area (Å²) in [6.07, 6.45) is 4.43. The van der Waals surface area contributed by atoms with E-state index < -0.39 is 0 Å². The highest BCUT2D eigenvalue weighted by molar-refractivity contribution is 6.42. The predicted molar refractivity (Wildman–Crippen MR) is 94.9 cm³/mol. The number of halogens is 2. The van der Waals surface area contributed by atoms with Crippen molar-refractivity contribution in [2.75, 3.05) is 0 Å². The molecular formula is C18H17Cl2N3. The van der Waals surface area contributed by atoms with Crippen molar-refractivity contribution in [1.82, 2.24) is 9.55 Å². The average molecular weight is 346 g/mol. The quantitative estimate of drug-likeness (QED) is 0.749. The van der Waals surface area contributed by atoms with Crippen LogP contribution in [0.5, 0.6) is 0 Å². The summed E-state index contributed by atoms with van der Waals surface area (Å²) in [5, 5.41) is 1.16. The fourth-order valence-electron chi connectivity index (χ4n) is 2.48. The second kappa shape index (κ2) is 7.18. The highest BCUT2D eigenvalue weighted by atomic mass is 35.5. The Kier molecular flexibility index (Phi) is 5.01. The van der Waals surface area contributed by atoms with Crippen LogP contribution in [0, 0.1) is 0 Å². The van der Waals surface area contributed by atoms with Crippen LogP contribution < -0.4 is 5.73 Å². The summed E-state index contributed by atoms with van der Waals surface area (Å²) in [6, 6.07) is 14.0. The Bertz CT molecular complexity index is 794. The molecule has 3 aromatic rings. The van der Waals surface area contributed by atoms with E-state index in [1.165, 1.54) is 5.56 Å². The van der Waals surface area contributed by atoms with E-state index in [0.29, 0.717) is 23.0 Å². The summed E-state index contributed by atoms with van der Waals surface area (Å²) in [4.78, 5) is 4.45. The van der Waals surface area contributed by atoms with Crippen LogP contribution in [-0.2, 0) is 19.5 Å². The highest BCUT2D eigenvalue weighted by Gasteiger charge is 2.09. The Labute approximate surface area is 145 Å². The molecule has 0 saturated heterocycles. The van der Waals surface area contributed by atoms with Crippen molar-refractivity contribution >= 4 is 23.2 Å². The zero-order valence-electron chi connectivity index (χ0n) is 12.5. The predicted octanol–water partition coefficient (Wildman–Crippen LogP) is 4.29. The summed E-state index contributed by atoms with van der Waals surface area (Å²) in [6.45, 7) is 1.32. The smallest absolute Gasteiger partial charge is 0.113 e. The number of nitrogens with zero attached hydrogens (tertiary/aromatic N) is 2. The van der Waals surface area contributed by atoms with Gasteiger partial charge in [0.2, 0.25) is 0 Å². The highest BCUT2D eigenvalue weighted by Crippen LogP contribution is 2.27. The Balaban J connectivity index is 1.80. The number of hydrogen-bond acceptors (Lipinski definition) is 2. The summed E-state index contributed by atoms with van der Waals surface area (Å²) < 4.78 is 2.12. The lowest BCUT2D eigenvalue weighted by atomic mass is 10.1. The van der Waals surface area contributed by atoms with Crippen molar-refractivity contribution in [2.45, 2.75) is 19.5 Å². The Hall–Kier alpha value is -1.81. The molecule has 0 amide bonds. The Morgan fingerprint density at radius 3 is 2.48 bits per heavy atom. The molecule has 1 aromatic heterocycles. The molecule has 118 valence electrons. The van der Waals surface area contributed by atoms with Gasteiger partial charge in [0.15, 0.2) is 0 Å². The summed E-state index contributed by atoms with van der Waals surface area (Å²) in [5.74, 6) is 0.956. The standard InChI is InChI=1S/C18H17Cl2N3/c19-16-3-1-2-15(18(16)20)10-17-22-8-9-23(17)12-14-6-4-13(11-21)5-7-14/h1-9H,10-12,21H2. The summed E-state index contributed by atoms with van der Waals surface area (Å²) in [7, 11) is 0. The van der Waals surface area contributed by atoms with Gasteiger partial charge in [0, 0.05) is 31.9 Å². The van der Waals surface area contributed by atoms with E-state index in [1.54, 1.807) is 6.07 Å². The topological polar surface area (TPSA) is 43.8 Å². The number of imidazole rings is 1. The van der Waals surface area contributed by atoms with Gasteiger partial charge < -0.3 is 10.3 Å². The molecule has 0 radical (unpaired) electrons. The third-order valence-electron chi connectivity index (χ3n) is 3.79. The first-order valence-electron chi connectivity index (χ1n) is 7.38. The van der Waals surface area contributed by atoms with Crippen LogP contribution in [0.25, 0.3) is 0 Å². The minimum Gasteiger partial charge on any atom is -0.330 e. The molecular weight excluding hydrogens is 329 g/mol. The van der Waals surface area contributed by atoms with Gasteiger partial charge in [-0.3, -0.25) is 0 Å². The number of rotatable bonds is 5. The first-order chi connectivity index (χ1) is 11.2. The minimum absolute atomic E-state index is 0.559. The number of nitrogens with two attached hydrogens (primary N) is 1. The molecule has 0 unspecified atom stereocenters. The van der Waals surface area contributed by atoms with Crippen LogP contribution in [-0.4, -0.2) is 9.55 Å². The van der Waals surface area contributed by atoms with Gasteiger partial charge in [0.1, 0.15) is 5.82 Å². The fraction of sp³-hybridized carbons (Fsp3) is 0.167.